The first-order valence-electron chi connectivity index (χ1n) is 9.83. The van der Waals surface area contributed by atoms with E-state index in [0.29, 0.717) is 29.5 Å². The van der Waals surface area contributed by atoms with E-state index in [1.807, 2.05) is 31.2 Å². The predicted molar refractivity (Wildman–Crippen MR) is 111 cm³/mol. The molecule has 2 rings (SSSR count). The number of unbranched alkanes of at least 4 members (excludes halogenated alkanes) is 1. The molecule has 28 heavy (non-hydrogen) atoms. The van der Waals surface area contributed by atoms with Gasteiger partial charge in [-0.25, -0.2) is 4.79 Å². The Bertz CT molecular complexity index is 753. The van der Waals surface area contributed by atoms with Gasteiger partial charge in [0.1, 0.15) is 5.75 Å². The molecule has 0 heterocycles. The third kappa shape index (κ3) is 6.72. The minimum absolute atomic E-state index is 0.0799. The fourth-order valence-electron chi connectivity index (χ4n) is 2.56. The molecule has 5 nitrogen and oxygen atoms in total. The summed E-state index contributed by atoms with van der Waals surface area (Å²) >= 11 is 0. The number of ether oxygens (including phenoxy) is 2. The Morgan fingerprint density at radius 2 is 1.68 bits per heavy atom. The second kappa shape index (κ2) is 11.1. The van der Waals surface area contributed by atoms with Gasteiger partial charge in [-0.15, -0.1) is 0 Å². The number of carbonyl (C=O) groups excluding carboxylic acids is 2. The van der Waals surface area contributed by atoms with Crippen LogP contribution < -0.4 is 10.1 Å². The van der Waals surface area contributed by atoms with Crippen molar-refractivity contribution in [1.29, 1.82) is 0 Å². The maximum atomic E-state index is 12.1. The molecule has 150 valence electrons. The SMILES string of the molecule is CCCCOC(=O)c1ccc(NC(=O)COc2ccc([C@H](C)CC)cc2)cc1. The van der Waals surface area contributed by atoms with Crippen LogP contribution in [0.25, 0.3) is 0 Å². The van der Waals surface area contributed by atoms with Crippen molar-refractivity contribution in [3.63, 3.8) is 0 Å². The summed E-state index contributed by atoms with van der Waals surface area (Å²) in [5.41, 5.74) is 2.32. The van der Waals surface area contributed by atoms with Crippen molar-refractivity contribution >= 4 is 17.6 Å². The Morgan fingerprint density at radius 3 is 2.29 bits per heavy atom. The van der Waals surface area contributed by atoms with Gasteiger partial charge in [0.25, 0.3) is 5.91 Å². The zero-order valence-corrected chi connectivity index (χ0v) is 16.9. The summed E-state index contributed by atoms with van der Waals surface area (Å²) < 4.78 is 10.7. The van der Waals surface area contributed by atoms with E-state index in [2.05, 4.69) is 19.2 Å². The first-order chi connectivity index (χ1) is 13.5. The topological polar surface area (TPSA) is 64.6 Å². The van der Waals surface area contributed by atoms with E-state index >= 15 is 0 Å². The van der Waals surface area contributed by atoms with Crippen LogP contribution in [0.1, 0.15) is 61.9 Å². The molecule has 0 saturated heterocycles. The quantitative estimate of drug-likeness (QED) is 0.454. The van der Waals surface area contributed by atoms with Gasteiger partial charge in [0, 0.05) is 5.69 Å². The van der Waals surface area contributed by atoms with Crippen LogP contribution in [0.2, 0.25) is 0 Å². The lowest BCUT2D eigenvalue weighted by molar-refractivity contribution is -0.118. The summed E-state index contributed by atoms with van der Waals surface area (Å²) in [5.74, 6) is 0.552. The lowest BCUT2D eigenvalue weighted by atomic mass is 9.99. The highest BCUT2D eigenvalue weighted by Gasteiger charge is 2.09. The number of amides is 1. The van der Waals surface area contributed by atoms with Gasteiger partial charge in [-0.2, -0.15) is 0 Å². The van der Waals surface area contributed by atoms with Crippen LogP contribution in [-0.4, -0.2) is 25.1 Å². The molecule has 0 spiro atoms. The monoisotopic (exact) mass is 383 g/mol. The van der Waals surface area contributed by atoms with Crippen LogP contribution in [-0.2, 0) is 9.53 Å². The number of esters is 1. The molecular formula is C23H29NO4. The molecule has 0 aliphatic rings. The molecule has 1 amide bonds. The molecule has 0 aliphatic heterocycles. The molecule has 0 fully saturated rings. The standard InChI is InChI=1S/C23H29NO4/c1-4-6-15-27-23(26)19-7-11-20(12-8-19)24-22(25)16-28-21-13-9-18(10-14-21)17(3)5-2/h7-14,17H,4-6,15-16H2,1-3H3,(H,24,25)/t17-/m1/s1. The summed E-state index contributed by atoms with van der Waals surface area (Å²) in [5, 5.41) is 2.75. The van der Waals surface area contributed by atoms with Gasteiger partial charge in [-0.1, -0.05) is 39.3 Å². The molecule has 5 heteroatoms. The molecule has 2 aromatic rings. The van der Waals surface area contributed by atoms with Gasteiger partial charge in [0.2, 0.25) is 0 Å². The summed E-state index contributed by atoms with van der Waals surface area (Å²) in [6, 6.07) is 14.4. The molecule has 1 N–H and O–H groups in total. The Morgan fingerprint density at radius 1 is 1.00 bits per heavy atom. The Labute approximate surface area is 167 Å². The minimum atomic E-state index is -0.351. The predicted octanol–water partition coefficient (Wildman–Crippen LogP) is 5.17. The van der Waals surface area contributed by atoms with E-state index < -0.39 is 0 Å². The molecule has 0 aromatic heterocycles. The maximum Gasteiger partial charge on any atom is 0.338 e. The lowest BCUT2D eigenvalue weighted by Crippen LogP contribution is -2.20. The van der Waals surface area contributed by atoms with Crippen LogP contribution in [0.4, 0.5) is 5.69 Å². The van der Waals surface area contributed by atoms with E-state index in [4.69, 9.17) is 9.47 Å². The molecule has 0 unspecified atom stereocenters. The first kappa shape index (κ1) is 21.5. The normalized spacial score (nSPS) is 11.5. The van der Waals surface area contributed by atoms with Crippen molar-refractivity contribution in [3.8, 4) is 5.75 Å². The van der Waals surface area contributed by atoms with Crippen molar-refractivity contribution in [1.82, 2.24) is 0 Å². The summed E-state index contributed by atoms with van der Waals surface area (Å²) in [7, 11) is 0. The highest BCUT2D eigenvalue weighted by atomic mass is 16.5. The van der Waals surface area contributed by atoms with Gasteiger partial charge in [-0.05, 0) is 60.7 Å². The van der Waals surface area contributed by atoms with Crippen LogP contribution in [0.3, 0.4) is 0 Å². The minimum Gasteiger partial charge on any atom is -0.484 e. The summed E-state index contributed by atoms with van der Waals surface area (Å²) in [4.78, 5) is 23.9. The Balaban J connectivity index is 1.80. The van der Waals surface area contributed by atoms with Crippen molar-refractivity contribution < 1.29 is 19.1 Å². The maximum absolute atomic E-state index is 12.1. The zero-order chi connectivity index (χ0) is 20.4. The van der Waals surface area contributed by atoms with Crippen LogP contribution in [0, 0.1) is 0 Å². The number of hydrogen-bond donors (Lipinski definition) is 1. The smallest absolute Gasteiger partial charge is 0.338 e. The molecule has 0 radical (unpaired) electrons. The zero-order valence-electron chi connectivity index (χ0n) is 16.9. The average Bonchev–Trinajstić information content (AvgIpc) is 2.72. The van der Waals surface area contributed by atoms with E-state index in [9.17, 15) is 9.59 Å². The van der Waals surface area contributed by atoms with Crippen molar-refractivity contribution in [2.75, 3.05) is 18.5 Å². The largest absolute Gasteiger partial charge is 0.484 e. The van der Waals surface area contributed by atoms with Gasteiger partial charge in [0.05, 0.1) is 12.2 Å². The third-order valence-electron chi connectivity index (χ3n) is 4.57. The average molecular weight is 383 g/mol. The fraction of sp³-hybridized carbons (Fsp3) is 0.391. The molecule has 0 saturated carbocycles. The van der Waals surface area contributed by atoms with Gasteiger partial charge >= 0.3 is 5.97 Å². The summed E-state index contributed by atoms with van der Waals surface area (Å²) in [6.45, 7) is 6.71. The van der Waals surface area contributed by atoms with Gasteiger partial charge in [0.15, 0.2) is 6.61 Å². The van der Waals surface area contributed by atoms with Crippen LogP contribution in [0.15, 0.2) is 48.5 Å². The molecule has 1 atom stereocenters. The number of nitrogens with one attached hydrogen (secondary N) is 1. The number of carbonyl (C=O) groups is 2. The van der Waals surface area contributed by atoms with E-state index in [0.717, 1.165) is 19.3 Å². The Hall–Kier alpha value is -2.82. The Kier molecular flexibility index (Phi) is 8.53. The van der Waals surface area contributed by atoms with Gasteiger partial charge < -0.3 is 14.8 Å². The van der Waals surface area contributed by atoms with Crippen LogP contribution >= 0.6 is 0 Å². The van der Waals surface area contributed by atoms with E-state index in [1.165, 1.54) is 5.56 Å². The molecular weight excluding hydrogens is 354 g/mol. The number of rotatable bonds is 10. The number of anilines is 1. The fourth-order valence-corrected chi connectivity index (χ4v) is 2.56. The van der Waals surface area contributed by atoms with Gasteiger partial charge in [-0.3, -0.25) is 4.79 Å². The second-order valence-corrected chi connectivity index (χ2v) is 6.78. The number of hydrogen-bond acceptors (Lipinski definition) is 4. The lowest BCUT2D eigenvalue weighted by Gasteiger charge is -2.11. The van der Waals surface area contributed by atoms with Crippen molar-refractivity contribution in [2.45, 2.75) is 46.0 Å². The summed E-state index contributed by atoms with van der Waals surface area (Å²) in [6.07, 6.45) is 2.90. The highest BCUT2D eigenvalue weighted by molar-refractivity contribution is 5.93. The van der Waals surface area contributed by atoms with E-state index in [1.54, 1.807) is 24.3 Å². The van der Waals surface area contributed by atoms with Crippen LogP contribution in [0.5, 0.6) is 5.75 Å². The first-order valence-corrected chi connectivity index (χ1v) is 9.83. The van der Waals surface area contributed by atoms with Crippen molar-refractivity contribution in [3.05, 3.63) is 59.7 Å². The number of benzene rings is 2. The molecule has 2 aromatic carbocycles. The second-order valence-electron chi connectivity index (χ2n) is 6.78. The van der Waals surface area contributed by atoms with E-state index in [-0.39, 0.29) is 18.5 Å². The highest BCUT2D eigenvalue weighted by Crippen LogP contribution is 2.21. The third-order valence-corrected chi connectivity index (χ3v) is 4.57. The molecule has 0 aliphatic carbocycles. The van der Waals surface area contributed by atoms with Crippen molar-refractivity contribution in [2.24, 2.45) is 0 Å². The molecule has 0 bridgehead atoms.